The maximum Gasteiger partial charge on any atom is 0.185 e. The fourth-order valence-electron chi connectivity index (χ4n) is 3.81. The molecule has 2 aromatic rings. The van der Waals surface area contributed by atoms with E-state index in [9.17, 15) is 0 Å². The molecule has 0 unspecified atom stereocenters. The molecule has 1 fully saturated rings. The fraction of sp³-hybridized carbons (Fsp3) is 0.526. The van der Waals surface area contributed by atoms with Gasteiger partial charge < -0.3 is 15.0 Å². The van der Waals surface area contributed by atoms with Crippen LogP contribution >= 0.6 is 11.3 Å². The number of hydrogen-bond acceptors (Lipinski definition) is 5. The van der Waals surface area contributed by atoms with Gasteiger partial charge in [0.25, 0.3) is 0 Å². The Morgan fingerprint density at radius 1 is 1.29 bits per heavy atom. The van der Waals surface area contributed by atoms with Crippen molar-refractivity contribution in [3.8, 4) is 5.75 Å². The minimum absolute atomic E-state index is 0.437. The van der Waals surface area contributed by atoms with Crippen LogP contribution in [0.5, 0.6) is 5.75 Å². The number of thiazole rings is 1. The molecule has 24 heavy (non-hydrogen) atoms. The monoisotopic (exact) mass is 343 g/mol. The number of anilines is 1. The van der Waals surface area contributed by atoms with Crippen molar-refractivity contribution in [1.29, 1.82) is 0 Å². The Morgan fingerprint density at radius 2 is 2.08 bits per heavy atom. The van der Waals surface area contributed by atoms with Crippen molar-refractivity contribution in [1.82, 2.24) is 10.3 Å². The number of hydrogen-bond donors (Lipinski definition) is 1. The molecule has 0 spiro atoms. The second-order valence-electron chi connectivity index (χ2n) is 6.94. The summed E-state index contributed by atoms with van der Waals surface area (Å²) < 4.78 is 5.84. The van der Waals surface area contributed by atoms with E-state index in [1.54, 1.807) is 11.3 Å². The number of benzene rings is 1. The van der Waals surface area contributed by atoms with E-state index in [2.05, 4.69) is 58.7 Å². The number of para-hydroxylation sites is 1. The molecule has 1 aromatic heterocycles. The minimum atomic E-state index is 0.437. The van der Waals surface area contributed by atoms with E-state index in [1.165, 1.54) is 23.5 Å². The van der Waals surface area contributed by atoms with Crippen molar-refractivity contribution in [3.63, 3.8) is 0 Å². The third-order valence-electron chi connectivity index (χ3n) is 5.21. The molecule has 2 atom stereocenters. The Balaban J connectivity index is 1.32. The van der Waals surface area contributed by atoms with Crippen LogP contribution in [0.25, 0.3) is 0 Å². The topological polar surface area (TPSA) is 37.4 Å². The molecule has 0 amide bonds. The molecule has 0 bridgehead atoms. The van der Waals surface area contributed by atoms with Gasteiger partial charge in [-0.1, -0.05) is 18.2 Å². The van der Waals surface area contributed by atoms with Crippen molar-refractivity contribution in [2.75, 3.05) is 24.6 Å². The molecule has 1 N–H and O–H groups in total. The lowest BCUT2D eigenvalue weighted by atomic mass is 9.93. The van der Waals surface area contributed by atoms with E-state index in [0.29, 0.717) is 18.0 Å². The van der Waals surface area contributed by atoms with Gasteiger partial charge in [-0.05, 0) is 32.8 Å². The van der Waals surface area contributed by atoms with Crippen molar-refractivity contribution < 1.29 is 4.74 Å². The Kier molecular flexibility index (Phi) is 4.46. The van der Waals surface area contributed by atoms with Gasteiger partial charge >= 0.3 is 0 Å². The molecule has 2 aliphatic heterocycles. The lowest BCUT2D eigenvalue weighted by molar-refractivity contribution is 0.284. The maximum absolute atomic E-state index is 5.84. The smallest absolute Gasteiger partial charge is 0.185 e. The average Bonchev–Trinajstić information content (AvgIpc) is 3.22. The quantitative estimate of drug-likeness (QED) is 0.921. The van der Waals surface area contributed by atoms with Crippen LogP contribution in [-0.2, 0) is 0 Å². The summed E-state index contributed by atoms with van der Waals surface area (Å²) in [7, 11) is 0. The number of nitrogens with one attached hydrogen (secondary N) is 1. The van der Waals surface area contributed by atoms with Crippen LogP contribution in [0.4, 0.5) is 5.13 Å². The van der Waals surface area contributed by atoms with Gasteiger partial charge in [-0.25, -0.2) is 4.98 Å². The SMILES string of the molecule is Cc1csc(N2CCC(N[C@@H](C)[C@H]3COc4ccccc43)CC2)n1. The number of ether oxygens (including phenoxy) is 1. The molecule has 0 saturated carbocycles. The zero-order valence-electron chi connectivity index (χ0n) is 14.4. The number of nitrogens with zero attached hydrogens (tertiary/aromatic N) is 2. The summed E-state index contributed by atoms with van der Waals surface area (Å²) in [4.78, 5) is 7.04. The Morgan fingerprint density at radius 3 is 2.83 bits per heavy atom. The van der Waals surface area contributed by atoms with E-state index in [0.717, 1.165) is 31.1 Å². The van der Waals surface area contributed by atoms with E-state index in [4.69, 9.17) is 4.74 Å². The van der Waals surface area contributed by atoms with Gasteiger partial charge in [0, 0.05) is 42.0 Å². The average molecular weight is 343 g/mol. The Hall–Kier alpha value is -1.59. The standard InChI is InChI=1S/C19H25N3OS/c1-13-12-24-19(20-13)22-9-7-15(8-10-22)21-14(2)17-11-23-18-6-4-3-5-16(17)18/h3-6,12,14-15,17,21H,7-11H2,1-2H3/t14-,17+/m0/s1. The van der Waals surface area contributed by atoms with Crippen LogP contribution in [0, 0.1) is 6.92 Å². The van der Waals surface area contributed by atoms with Gasteiger partial charge in [-0.2, -0.15) is 0 Å². The van der Waals surface area contributed by atoms with Crippen molar-refractivity contribution in [3.05, 3.63) is 40.9 Å². The molecule has 4 rings (SSSR count). The number of fused-ring (bicyclic) bond motifs is 1. The summed E-state index contributed by atoms with van der Waals surface area (Å²) in [6, 6.07) is 9.48. The highest BCUT2D eigenvalue weighted by molar-refractivity contribution is 7.13. The number of aryl methyl sites for hydroxylation is 1. The summed E-state index contributed by atoms with van der Waals surface area (Å²) in [6.07, 6.45) is 2.36. The lowest BCUT2D eigenvalue weighted by Gasteiger charge is -2.34. The van der Waals surface area contributed by atoms with E-state index in [-0.39, 0.29) is 0 Å². The van der Waals surface area contributed by atoms with Crippen molar-refractivity contribution in [2.45, 2.75) is 44.7 Å². The maximum atomic E-state index is 5.84. The number of piperidine rings is 1. The highest BCUT2D eigenvalue weighted by Crippen LogP contribution is 2.35. The summed E-state index contributed by atoms with van der Waals surface area (Å²) in [5.41, 5.74) is 2.48. The predicted octanol–water partition coefficient (Wildman–Crippen LogP) is 3.57. The van der Waals surface area contributed by atoms with Crippen LogP contribution in [0.2, 0.25) is 0 Å². The largest absolute Gasteiger partial charge is 0.493 e. The number of aromatic nitrogens is 1. The van der Waals surface area contributed by atoms with Crippen molar-refractivity contribution >= 4 is 16.5 Å². The minimum Gasteiger partial charge on any atom is -0.493 e. The molecule has 0 radical (unpaired) electrons. The summed E-state index contributed by atoms with van der Waals surface area (Å²) in [6.45, 7) is 7.35. The first kappa shape index (κ1) is 15.9. The summed E-state index contributed by atoms with van der Waals surface area (Å²) in [5, 5.41) is 7.17. The zero-order chi connectivity index (χ0) is 16.5. The molecule has 3 heterocycles. The Bertz CT molecular complexity index is 693. The van der Waals surface area contributed by atoms with Crippen LogP contribution < -0.4 is 15.0 Å². The van der Waals surface area contributed by atoms with Crippen molar-refractivity contribution in [2.24, 2.45) is 0 Å². The third kappa shape index (κ3) is 3.15. The second kappa shape index (κ2) is 6.73. The Labute approximate surface area is 147 Å². The first-order valence-electron chi connectivity index (χ1n) is 8.85. The molecular formula is C19H25N3OS. The van der Waals surface area contributed by atoms with E-state index >= 15 is 0 Å². The first-order valence-corrected chi connectivity index (χ1v) is 9.73. The van der Waals surface area contributed by atoms with Gasteiger partial charge in [0.05, 0.1) is 12.3 Å². The molecule has 1 saturated heterocycles. The molecule has 0 aliphatic carbocycles. The predicted molar refractivity (Wildman–Crippen MR) is 99.4 cm³/mol. The van der Waals surface area contributed by atoms with Gasteiger partial charge in [0.1, 0.15) is 5.75 Å². The van der Waals surface area contributed by atoms with Crippen LogP contribution in [0.3, 0.4) is 0 Å². The number of rotatable bonds is 4. The highest BCUT2D eigenvalue weighted by atomic mass is 32.1. The lowest BCUT2D eigenvalue weighted by Crippen LogP contribution is -2.47. The molecular weight excluding hydrogens is 318 g/mol. The van der Waals surface area contributed by atoms with Gasteiger partial charge in [0.2, 0.25) is 0 Å². The van der Waals surface area contributed by atoms with Crippen LogP contribution in [-0.4, -0.2) is 36.8 Å². The molecule has 4 nitrogen and oxygen atoms in total. The summed E-state index contributed by atoms with van der Waals surface area (Å²) in [5.74, 6) is 1.52. The molecule has 5 heteroatoms. The van der Waals surface area contributed by atoms with Crippen LogP contribution in [0.1, 0.15) is 36.9 Å². The first-order chi connectivity index (χ1) is 11.7. The normalized spacial score (nSPS) is 22.2. The molecule has 2 aliphatic rings. The van der Waals surface area contributed by atoms with Crippen LogP contribution in [0.15, 0.2) is 29.6 Å². The third-order valence-corrected chi connectivity index (χ3v) is 6.23. The second-order valence-corrected chi connectivity index (χ2v) is 7.78. The fourth-order valence-corrected chi connectivity index (χ4v) is 4.67. The molecule has 1 aromatic carbocycles. The van der Waals surface area contributed by atoms with Gasteiger partial charge in [-0.15, -0.1) is 11.3 Å². The van der Waals surface area contributed by atoms with Gasteiger partial charge in [0.15, 0.2) is 5.13 Å². The van der Waals surface area contributed by atoms with E-state index in [1.807, 2.05) is 0 Å². The summed E-state index contributed by atoms with van der Waals surface area (Å²) >= 11 is 1.76. The van der Waals surface area contributed by atoms with E-state index < -0.39 is 0 Å². The van der Waals surface area contributed by atoms with Gasteiger partial charge in [-0.3, -0.25) is 0 Å². The highest BCUT2D eigenvalue weighted by Gasteiger charge is 2.30. The molecule has 128 valence electrons. The zero-order valence-corrected chi connectivity index (χ0v) is 15.2.